The van der Waals surface area contributed by atoms with Crippen LogP contribution in [-0.2, 0) is 0 Å². The van der Waals surface area contributed by atoms with Crippen LogP contribution in [0.25, 0.3) is 0 Å². The highest BCUT2D eigenvalue weighted by Gasteiger charge is 2.09. The molecule has 0 amide bonds. The number of rotatable bonds is 8. The van der Waals surface area contributed by atoms with Gasteiger partial charge in [0, 0.05) is 12.6 Å². The molecule has 1 aromatic rings. The number of benzene rings is 1. The second-order valence-electron chi connectivity index (χ2n) is 4.10. The van der Waals surface area contributed by atoms with Crippen LogP contribution in [0.4, 0.5) is 0 Å². The molecule has 1 rings (SSSR count). The van der Waals surface area contributed by atoms with Crippen LogP contribution in [0.2, 0.25) is 0 Å². The van der Waals surface area contributed by atoms with Gasteiger partial charge in [-0.1, -0.05) is 6.07 Å². The summed E-state index contributed by atoms with van der Waals surface area (Å²) in [4.78, 5) is 0. The molecule has 0 saturated heterocycles. The maximum atomic E-state index is 8.75. The van der Waals surface area contributed by atoms with E-state index in [1.165, 1.54) is 0 Å². The van der Waals surface area contributed by atoms with Crippen molar-refractivity contribution in [2.75, 3.05) is 26.9 Å². The van der Waals surface area contributed by atoms with Crippen LogP contribution in [-0.4, -0.2) is 32.0 Å². The minimum absolute atomic E-state index is 0.215. The fraction of sp³-hybridized carbons (Fsp3) is 0.571. The molecule has 4 nitrogen and oxygen atoms in total. The van der Waals surface area contributed by atoms with Gasteiger partial charge in [0.1, 0.15) is 0 Å². The van der Waals surface area contributed by atoms with Gasteiger partial charge in [-0.3, -0.25) is 0 Å². The molecule has 0 radical (unpaired) electrons. The first kappa shape index (κ1) is 14.8. The van der Waals surface area contributed by atoms with E-state index in [9.17, 15) is 0 Å². The predicted molar refractivity (Wildman–Crippen MR) is 72.3 cm³/mol. The summed E-state index contributed by atoms with van der Waals surface area (Å²) in [7, 11) is 1.64. The van der Waals surface area contributed by atoms with Gasteiger partial charge in [0.2, 0.25) is 0 Å². The molecule has 1 unspecified atom stereocenters. The SMILES string of the molecule is CCOc1ccc(C(C)NCCCO)cc1OC. The summed E-state index contributed by atoms with van der Waals surface area (Å²) < 4.78 is 10.8. The minimum Gasteiger partial charge on any atom is -0.493 e. The number of aliphatic hydroxyl groups is 1. The molecule has 0 fully saturated rings. The van der Waals surface area contributed by atoms with Crippen molar-refractivity contribution >= 4 is 0 Å². The number of aliphatic hydroxyl groups excluding tert-OH is 1. The maximum absolute atomic E-state index is 8.75. The number of ether oxygens (including phenoxy) is 2. The Kier molecular flexibility index (Phi) is 6.54. The summed E-state index contributed by atoms with van der Waals surface area (Å²) in [6, 6.07) is 6.18. The normalized spacial score (nSPS) is 12.2. The quantitative estimate of drug-likeness (QED) is 0.697. The van der Waals surface area contributed by atoms with Gasteiger partial charge in [0.25, 0.3) is 0 Å². The van der Waals surface area contributed by atoms with Crippen LogP contribution in [0.1, 0.15) is 31.9 Å². The molecule has 0 saturated carbocycles. The lowest BCUT2D eigenvalue weighted by atomic mass is 10.1. The molecular formula is C14H23NO3. The predicted octanol–water partition coefficient (Wildman–Crippen LogP) is 2.13. The monoisotopic (exact) mass is 253 g/mol. The molecule has 1 atom stereocenters. The Morgan fingerprint density at radius 2 is 2.11 bits per heavy atom. The third-order valence-electron chi connectivity index (χ3n) is 2.77. The maximum Gasteiger partial charge on any atom is 0.161 e. The number of nitrogens with one attached hydrogen (secondary N) is 1. The van der Waals surface area contributed by atoms with Crippen LogP contribution in [0.3, 0.4) is 0 Å². The van der Waals surface area contributed by atoms with Crippen molar-refractivity contribution in [1.82, 2.24) is 5.32 Å². The van der Waals surface area contributed by atoms with Crippen molar-refractivity contribution in [3.05, 3.63) is 23.8 Å². The van der Waals surface area contributed by atoms with Gasteiger partial charge in [-0.05, 0) is 44.5 Å². The van der Waals surface area contributed by atoms with Gasteiger partial charge in [0.05, 0.1) is 13.7 Å². The minimum atomic E-state index is 0.215. The average Bonchev–Trinajstić information content (AvgIpc) is 2.39. The van der Waals surface area contributed by atoms with E-state index in [1.54, 1.807) is 7.11 Å². The van der Waals surface area contributed by atoms with Gasteiger partial charge >= 0.3 is 0 Å². The fourth-order valence-corrected chi connectivity index (χ4v) is 1.74. The lowest BCUT2D eigenvalue weighted by Gasteiger charge is -2.16. The van der Waals surface area contributed by atoms with Crippen LogP contribution in [0.15, 0.2) is 18.2 Å². The Morgan fingerprint density at radius 3 is 2.72 bits per heavy atom. The van der Waals surface area contributed by atoms with E-state index in [0.717, 1.165) is 30.0 Å². The standard InChI is InChI=1S/C14H23NO3/c1-4-18-13-7-6-12(10-14(13)17-3)11(2)15-8-5-9-16/h6-7,10-11,15-16H,4-5,8-9H2,1-3H3. The molecule has 4 heteroatoms. The second kappa shape index (κ2) is 7.95. The van der Waals surface area contributed by atoms with Crippen LogP contribution in [0.5, 0.6) is 11.5 Å². The molecular weight excluding hydrogens is 230 g/mol. The molecule has 2 N–H and O–H groups in total. The van der Waals surface area contributed by atoms with Crippen LogP contribution >= 0.6 is 0 Å². The first-order valence-corrected chi connectivity index (χ1v) is 6.37. The second-order valence-corrected chi connectivity index (χ2v) is 4.10. The molecule has 0 aliphatic rings. The first-order valence-electron chi connectivity index (χ1n) is 6.37. The summed E-state index contributed by atoms with van der Waals surface area (Å²) in [5.74, 6) is 1.52. The molecule has 1 aromatic carbocycles. The van der Waals surface area contributed by atoms with Crippen molar-refractivity contribution in [3.63, 3.8) is 0 Å². The van der Waals surface area contributed by atoms with E-state index < -0.39 is 0 Å². The van der Waals surface area contributed by atoms with Gasteiger partial charge in [-0.25, -0.2) is 0 Å². The van der Waals surface area contributed by atoms with Crippen LogP contribution in [0, 0.1) is 0 Å². The molecule has 18 heavy (non-hydrogen) atoms. The van der Waals surface area contributed by atoms with Crippen molar-refractivity contribution in [2.45, 2.75) is 26.3 Å². The number of hydrogen-bond acceptors (Lipinski definition) is 4. The topological polar surface area (TPSA) is 50.7 Å². The molecule has 0 spiro atoms. The van der Waals surface area contributed by atoms with E-state index in [-0.39, 0.29) is 12.6 Å². The largest absolute Gasteiger partial charge is 0.493 e. The fourth-order valence-electron chi connectivity index (χ4n) is 1.74. The van der Waals surface area contributed by atoms with Gasteiger partial charge in [-0.15, -0.1) is 0 Å². The van der Waals surface area contributed by atoms with Crippen molar-refractivity contribution in [1.29, 1.82) is 0 Å². The van der Waals surface area contributed by atoms with E-state index in [0.29, 0.717) is 6.61 Å². The zero-order valence-electron chi connectivity index (χ0n) is 11.4. The lowest BCUT2D eigenvalue weighted by molar-refractivity contribution is 0.284. The Balaban J connectivity index is 2.71. The Hall–Kier alpha value is -1.26. The zero-order chi connectivity index (χ0) is 13.4. The molecule has 0 aliphatic heterocycles. The summed E-state index contributed by atoms with van der Waals surface area (Å²) in [5.41, 5.74) is 1.15. The van der Waals surface area contributed by atoms with Gasteiger partial charge < -0.3 is 19.9 Å². The molecule has 0 heterocycles. The van der Waals surface area contributed by atoms with Crippen LogP contribution < -0.4 is 14.8 Å². The Labute approximate surface area is 109 Å². The van der Waals surface area contributed by atoms with Gasteiger partial charge in [0.15, 0.2) is 11.5 Å². The summed E-state index contributed by atoms with van der Waals surface area (Å²) in [6.45, 7) is 5.68. The summed E-state index contributed by atoms with van der Waals surface area (Å²) >= 11 is 0. The van der Waals surface area contributed by atoms with Crippen molar-refractivity contribution in [2.24, 2.45) is 0 Å². The summed E-state index contributed by atoms with van der Waals surface area (Å²) in [5, 5.41) is 12.1. The summed E-state index contributed by atoms with van der Waals surface area (Å²) in [6.07, 6.45) is 0.762. The highest BCUT2D eigenvalue weighted by Crippen LogP contribution is 2.30. The smallest absolute Gasteiger partial charge is 0.161 e. The van der Waals surface area contributed by atoms with E-state index >= 15 is 0 Å². The van der Waals surface area contributed by atoms with Crippen molar-refractivity contribution in [3.8, 4) is 11.5 Å². The molecule has 0 bridgehead atoms. The van der Waals surface area contributed by atoms with E-state index in [2.05, 4.69) is 12.2 Å². The lowest BCUT2D eigenvalue weighted by Crippen LogP contribution is -2.20. The third-order valence-corrected chi connectivity index (χ3v) is 2.77. The molecule has 102 valence electrons. The van der Waals surface area contributed by atoms with Gasteiger partial charge in [-0.2, -0.15) is 0 Å². The Morgan fingerprint density at radius 1 is 1.33 bits per heavy atom. The number of methoxy groups -OCH3 is 1. The van der Waals surface area contributed by atoms with Crippen molar-refractivity contribution < 1.29 is 14.6 Å². The average molecular weight is 253 g/mol. The van der Waals surface area contributed by atoms with E-state index in [4.69, 9.17) is 14.6 Å². The molecule has 0 aliphatic carbocycles. The zero-order valence-corrected chi connectivity index (χ0v) is 11.4. The molecule has 0 aromatic heterocycles. The highest BCUT2D eigenvalue weighted by atomic mass is 16.5. The number of hydrogen-bond donors (Lipinski definition) is 2. The third kappa shape index (κ3) is 4.20. The van der Waals surface area contributed by atoms with E-state index in [1.807, 2.05) is 25.1 Å². The highest BCUT2D eigenvalue weighted by molar-refractivity contribution is 5.43. The first-order chi connectivity index (χ1) is 8.72. The Bertz CT molecular complexity index is 355.